The zero-order valence-corrected chi connectivity index (χ0v) is 12.2. The molecule has 1 aromatic rings. The van der Waals surface area contributed by atoms with Gasteiger partial charge in [-0.15, -0.1) is 0 Å². The van der Waals surface area contributed by atoms with Gasteiger partial charge in [-0.2, -0.15) is 5.26 Å². The fourth-order valence-corrected chi connectivity index (χ4v) is 4.03. The summed E-state index contributed by atoms with van der Waals surface area (Å²) >= 11 is 0. The van der Waals surface area contributed by atoms with Crippen molar-refractivity contribution in [1.29, 1.82) is 5.26 Å². The quantitative estimate of drug-likeness (QED) is 0.616. The van der Waals surface area contributed by atoms with Crippen LogP contribution in [0.15, 0.2) is 18.2 Å². The molecule has 5 heteroatoms. The average molecular weight is 285 g/mol. The van der Waals surface area contributed by atoms with Crippen molar-refractivity contribution in [1.82, 2.24) is 0 Å². The summed E-state index contributed by atoms with van der Waals surface area (Å²) < 4.78 is 0. The predicted octanol–water partition coefficient (Wildman–Crippen LogP) is 3.48. The van der Waals surface area contributed by atoms with Crippen molar-refractivity contribution in [3.63, 3.8) is 0 Å². The van der Waals surface area contributed by atoms with E-state index in [1.165, 1.54) is 31.4 Å². The molecule has 3 atom stereocenters. The summed E-state index contributed by atoms with van der Waals surface area (Å²) in [5, 5.41) is 20.2. The maximum atomic E-state index is 10.9. The minimum Gasteiger partial charge on any atom is -0.367 e. The molecule has 1 heterocycles. The van der Waals surface area contributed by atoms with Gasteiger partial charge >= 0.3 is 0 Å². The topological polar surface area (TPSA) is 70.2 Å². The van der Waals surface area contributed by atoms with Crippen LogP contribution >= 0.6 is 0 Å². The van der Waals surface area contributed by atoms with Gasteiger partial charge < -0.3 is 4.90 Å². The van der Waals surface area contributed by atoms with Gasteiger partial charge in [0, 0.05) is 24.7 Å². The van der Waals surface area contributed by atoms with Crippen LogP contribution < -0.4 is 4.90 Å². The highest BCUT2D eigenvalue weighted by Crippen LogP contribution is 2.43. The number of rotatable bonds is 2. The molecule has 5 nitrogen and oxygen atoms in total. The molecule has 0 radical (unpaired) electrons. The van der Waals surface area contributed by atoms with E-state index < -0.39 is 4.92 Å². The van der Waals surface area contributed by atoms with Gasteiger partial charge in [0.1, 0.15) is 6.07 Å². The first kappa shape index (κ1) is 13.9. The van der Waals surface area contributed by atoms with Crippen molar-refractivity contribution in [3.05, 3.63) is 33.9 Å². The van der Waals surface area contributed by atoms with E-state index in [0.717, 1.165) is 18.7 Å². The van der Waals surface area contributed by atoms with Crippen molar-refractivity contribution >= 4 is 11.4 Å². The molecule has 3 rings (SSSR count). The van der Waals surface area contributed by atoms with E-state index in [4.69, 9.17) is 0 Å². The zero-order valence-electron chi connectivity index (χ0n) is 12.2. The molecule has 2 fully saturated rings. The van der Waals surface area contributed by atoms with Crippen molar-refractivity contribution in [2.24, 2.45) is 11.8 Å². The van der Waals surface area contributed by atoms with Crippen LogP contribution in [0, 0.1) is 33.3 Å². The minimum atomic E-state index is -0.444. The first-order valence-electron chi connectivity index (χ1n) is 7.57. The van der Waals surface area contributed by atoms with Crippen LogP contribution in [0.3, 0.4) is 0 Å². The zero-order chi connectivity index (χ0) is 15.0. The highest BCUT2D eigenvalue weighted by Gasteiger charge is 2.41. The number of anilines is 1. The smallest absolute Gasteiger partial charge is 0.270 e. The number of benzene rings is 1. The van der Waals surface area contributed by atoms with E-state index in [1.807, 2.05) is 0 Å². The Balaban J connectivity index is 1.97. The van der Waals surface area contributed by atoms with E-state index in [2.05, 4.69) is 17.9 Å². The number of hydrogen-bond donors (Lipinski definition) is 0. The van der Waals surface area contributed by atoms with Crippen LogP contribution in [0.2, 0.25) is 0 Å². The number of non-ortho nitro benzene ring substituents is 1. The highest BCUT2D eigenvalue weighted by atomic mass is 16.6. The molecule has 1 saturated carbocycles. The molecule has 3 unspecified atom stereocenters. The van der Waals surface area contributed by atoms with Gasteiger partial charge in [0.15, 0.2) is 0 Å². The number of nitriles is 1. The monoisotopic (exact) mass is 285 g/mol. The Morgan fingerprint density at radius 3 is 2.86 bits per heavy atom. The standard InChI is InChI=1S/C16H19N3O2/c1-11-10-18(16-5-3-2-4-14(11)16)15-7-6-13(19(20)21)8-12(15)9-17/h6-8,11,14,16H,2-5,10H2,1H3. The molecule has 1 saturated heterocycles. The normalized spacial score (nSPS) is 28.0. The first-order valence-corrected chi connectivity index (χ1v) is 7.57. The van der Waals surface area contributed by atoms with Crippen LogP contribution in [-0.4, -0.2) is 17.5 Å². The Labute approximate surface area is 124 Å². The summed E-state index contributed by atoms with van der Waals surface area (Å²) in [4.78, 5) is 12.7. The summed E-state index contributed by atoms with van der Waals surface area (Å²) in [6, 6.07) is 7.28. The van der Waals surface area contributed by atoms with Crippen LogP contribution in [0.25, 0.3) is 0 Å². The molecule has 0 aromatic heterocycles. The van der Waals surface area contributed by atoms with E-state index in [1.54, 1.807) is 6.07 Å². The van der Waals surface area contributed by atoms with Crippen molar-refractivity contribution < 1.29 is 4.92 Å². The summed E-state index contributed by atoms with van der Waals surface area (Å²) in [6.45, 7) is 3.22. The second-order valence-electron chi connectivity index (χ2n) is 6.22. The fourth-order valence-electron chi connectivity index (χ4n) is 4.03. The summed E-state index contributed by atoms with van der Waals surface area (Å²) in [5.74, 6) is 1.32. The number of fused-ring (bicyclic) bond motifs is 1. The molecule has 21 heavy (non-hydrogen) atoms. The molecular formula is C16H19N3O2. The van der Waals surface area contributed by atoms with Gasteiger partial charge in [0.05, 0.1) is 16.2 Å². The molecule has 2 aliphatic rings. The predicted molar refractivity (Wildman–Crippen MR) is 80.1 cm³/mol. The number of nitro groups is 1. The van der Waals surface area contributed by atoms with Crippen LogP contribution in [0.4, 0.5) is 11.4 Å². The van der Waals surface area contributed by atoms with Crippen molar-refractivity contribution in [2.45, 2.75) is 38.6 Å². The maximum absolute atomic E-state index is 10.9. The molecule has 0 bridgehead atoms. The molecule has 0 N–H and O–H groups in total. The molecule has 110 valence electrons. The van der Waals surface area contributed by atoms with Gasteiger partial charge in [-0.05, 0) is 30.7 Å². The summed E-state index contributed by atoms with van der Waals surface area (Å²) in [6.07, 6.45) is 4.96. The summed E-state index contributed by atoms with van der Waals surface area (Å²) in [5.41, 5.74) is 1.27. The third kappa shape index (κ3) is 2.35. The lowest BCUT2D eigenvalue weighted by Crippen LogP contribution is -2.35. The lowest BCUT2D eigenvalue weighted by Gasteiger charge is -2.33. The van der Waals surface area contributed by atoms with Gasteiger partial charge in [-0.1, -0.05) is 19.8 Å². The number of hydrogen-bond acceptors (Lipinski definition) is 4. The van der Waals surface area contributed by atoms with Crippen LogP contribution in [0.5, 0.6) is 0 Å². The number of nitro benzene ring substituents is 1. The lowest BCUT2D eigenvalue weighted by atomic mass is 9.80. The van der Waals surface area contributed by atoms with Crippen LogP contribution in [-0.2, 0) is 0 Å². The van der Waals surface area contributed by atoms with Crippen LogP contribution in [0.1, 0.15) is 38.2 Å². The minimum absolute atomic E-state index is 0.0114. The fraction of sp³-hybridized carbons (Fsp3) is 0.562. The largest absolute Gasteiger partial charge is 0.367 e. The number of nitrogens with zero attached hydrogens (tertiary/aromatic N) is 3. The SMILES string of the molecule is CC1CN(c2ccc([N+](=O)[O-])cc2C#N)C2CCCCC12. The third-order valence-corrected chi connectivity index (χ3v) is 5.02. The molecule has 1 aliphatic carbocycles. The lowest BCUT2D eigenvalue weighted by molar-refractivity contribution is -0.384. The summed E-state index contributed by atoms with van der Waals surface area (Å²) in [7, 11) is 0. The Bertz CT molecular complexity index is 608. The van der Waals surface area contributed by atoms with Gasteiger partial charge in [0.25, 0.3) is 5.69 Å². The molecular weight excluding hydrogens is 266 g/mol. The van der Waals surface area contributed by atoms with E-state index in [-0.39, 0.29) is 5.69 Å². The molecule has 1 aromatic carbocycles. The van der Waals surface area contributed by atoms with Crippen molar-refractivity contribution in [2.75, 3.05) is 11.4 Å². The second-order valence-corrected chi connectivity index (χ2v) is 6.22. The molecule has 1 aliphatic heterocycles. The third-order valence-electron chi connectivity index (χ3n) is 5.02. The van der Waals surface area contributed by atoms with Gasteiger partial charge in [0.2, 0.25) is 0 Å². The molecule has 0 amide bonds. The Hall–Kier alpha value is -2.09. The van der Waals surface area contributed by atoms with E-state index >= 15 is 0 Å². The van der Waals surface area contributed by atoms with Gasteiger partial charge in [-0.3, -0.25) is 10.1 Å². The Morgan fingerprint density at radius 2 is 2.14 bits per heavy atom. The average Bonchev–Trinajstić information content (AvgIpc) is 2.84. The van der Waals surface area contributed by atoms with Crippen molar-refractivity contribution in [3.8, 4) is 6.07 Å². The highest BCUT2D eigenvalue weighted by molar-refractivity contribution is 5.64. The Morgan fingerprint density at radius 1 is 1.38 bits per heavy atom. The van der Waals surface area contributed by atoms with E-state index in [0.29, 0.717) is 23.4 Å². The first-order chi connectivity index (χ1) is 10.1. The second kappa shape index (κ2) is 5.36. The van der Waals surface area contributed by atoms with Gasteiger partial charge in [-0.25, -0.2) is 0 Å². The maximum Gasteiger partial charge on any atom is 0.270 e. The Kier molecular flexibility index (Phi) is 3.54. The molecule has 0 spiro atoms. The van der Waals surface area contributed by atoms with E-state index in [9.17, 15) is 15.4 Å².